The van der Waals surface area contributed by atoms with E-state index >= 15 is 0 Å². The third-order valence-corrected chi connectivity index (χ3v) is 6.15. The predicted molar refractivity (Wildman–Crippen MR) is 120 cm³/mol. The van der Waals surface area contributed by atoms with Crippen molar-refractivity contribution in [3.63, 3.8) is 0 Å². The van der Waals surface area contributed by atoms with Gasteiger partial charge in [-0.3, -0.25) is 4.79 Å². The molecule has 1 N–H and O–H groups in total. The normalized spacial score (nSPS) is 18.9. The first-order valence-electron chi connectivity index (χ1n) is 10.9. The second-order valence-corrected chi connectivity index (χ2v) is 8.78. The highest BCUT2D eigenvalue weighted by Gasteiger charge is 2.43. The van der Waals surface area contributed by atoms with Gasteiger partial charge in [0.05, 0.1) is 18.9 Å². The number of hydrogen-bond donors (Lipinski definition) is 1. The van der Waals surface area contributed by atoms with Crippen molar-refractivity contribution in [1.29, 1.82) is 0 Å². The maximum atomic E-state index is 13.5. The number of carbonyl (C=O) groups is 1. The van der Waals surface area contributed by atoms with Gasteiger partial charge in [-0.2, -0.15) is 13.2 Å². The number of aromatic nitrogens is 1. The summed E-state index contributed by atoms with van der Waals surface area (Å²) in [6.07, 6.45) is -5.07. The lowest BCUT2D eigenvalue weighted by atomic mass is 9.77. The molecule has 0 spiro atoms. The summed E-state index contributed by atoms with van der Waals surface area (Å²) >= 11 is 0. The minimum Gasteiger partial charge on any atom is -0.376 e. The van der Waals surface area contributed by atoms with Crippen LogP contribution in [0.25, 0.3) is 11.3 Å². The van der Waals surface area contributed by atoms with Crippen LogP contribution in [0.4, 0.5) is 17.6 Å². The SMILES string of the molecule is C[C@H](NC[C@@]1(C)COCc2c1cc(C(=O)C(F)(F)F)nc2-c1ccc(F)cc1)c1ccccc1. The molecular weight excluding hydrogens is 448 g/mol. The predicted octanol–water partition coefficient (Wildman–Crippen LogP) is 5.77. The van der Waals surface area contributed by atoms with Crippen molar-refractivity contribution < 1.29 is 27.1 Å². The summed E-state index contributed by atoms with van der Waals surface area (Å²) < 4.78 is 59.3. The maximum absolute atomic E-state index is 13.5. The Hall–Kier alpha value is -3.10. The fourth-order valence-electron chi connectivity index (χ4n) is 4.20. The van der Waals surface area contributed by atoms with Crippen LogP contribution < -0.4 is 5.32 Å². The molecule has 0 radical (unpaired) electrons. The van der Waals surface area contributed by atoms with E-state index in [1.54, 1.807) is 0 Å². The summed E-state index contributed by atoms with van der Waals surface area (Å²) in [5.41, 5.74) is 1.41. The molecule has 2 atom stereocenters. The van der Waals surface area contributed by atoms with E-state index in [-0.39, 0.29) is 24.9 Å². The smallest absolute Gasteiger partial charge is 0.376 e. The number of Topliss-reactive ketones (excluding diaryl/α,β-unsaturated/α-hetero) is 1. The van der Waals surface area contributed by atoms with Crippen LogP contribution >= 0.6 is 0 Å². The standard InChI is InChI=1S/C26H24F4N2O2/c1-16(17-6-4-3-5-7-17)31-14-25(2)15-34-13-20-21(25)12-22(24(33)26(28,29)30)32-23(20)18-8-10-19(27)11-9-18/h3-12,16,31H,13-15H2,1-2H3/t16-,25-/m0/s1. The van der Waals surface area contributed by atoms with Crippen molar-refractivity contribution in [3.8, 4) is 11.3 Å². The summed E-state index contributed by atoms with van der Waals surface area (Å²) in [7, 11) is 0. The van der Waals surface area contributed by atoms with Crippen molar-refractivity contribution in [3.05, 3.63) is 88.9 Å². The van der Waals surface area contributed by atoms with Crippen molar-refractivity contribution in [2.45, 2.75) is 38.1 Å². The number of benzene rings is 2. The van der Waals surface area contributed by atoms with Gasteiger partial charge < -0.3 is 10.1 Å². The van der Waals surface area contributed by atoms with Crippen LogP contribution in [0.1, 0.15) is 47.1 Å². The number of rotatable bonds is 6. The van der Waals surface area contributed by atoms with Gasteiger partial charge in [-0.1, -0.05) is 37.3 Å². The lowest BCUT2D eigenvalue weighted by molar-refractivity contribution is -0.0888. The van der Waals surface area contributed by atoms with E-state index in [4.69, 9.17) is 4.74 Å². The third-order valence-electron chi connectivity index (χ3n) is 6.15. The average Bonchev–Trinajstić information content (AvgIpc) is 2.82. The molecular formula is C26H24F4N2O2. The van der Waals surface area contributed by atoms with E-state index in [0.29, 0.717) is 23.2 Å². The molecule has 0 saturated carbocycles. The zero-order valence-corrected chi connectivity index (χ0v) is 18.7. The van der Waals surface area contributed by atoms with E-state index in [9.17, 15) is 22.4 Å². The van der Waals surface area contributed by atoms with Gasteiger partial charge in [-0.15, -0.1) is 0 Å². The molecule has 1 aliphatic heterocycles. The van der Waals surface area contributed by atoms with Crippen molar-refractivity contribution >= 4 is 5.78 Å². The van der Waals surface area contributed by atoms with Crippen molar-refractivity contribution in [2.75, 3.05) is 13.2 Å². The first kappa shape index (κ1) is 24.0. The molecule has 0 aliphatic carbocycles. The zero-order chi connectivity index (χ0) is 24.5. The molecule has 2 heterocycles. The van der Waals surface area contributed by atoms with Crippen molar-refractivity contribution in [1.82, 2.24) is 10.3 Å². The number of halogens is 4. The summed E-state index contributed by atoms with van der Waals surface area (Å²) in [6, 6.07) is 16.3. The molecule has 4 nitrogen and oxygen atoms in total. The molecule has 34 heavy (non-hydrogen) atoms. The number of alkyl halides is 3. The Kier molecular flexibility index (Phi) is 6.55. The van der Waals surface area contributed by atoms with Gasteiger partial charge in [0.25, 0.3) is 5.78 Å². The summed E-state index contributed by atoms with van der Waals surface area (Å²) in [5.74, 6) is -2.50. The largest absolute Gasteiger partial charge is 0.456 e. The van der Waals surface area contributed by atoms with Gasteiger partial charge in [0.2, 0.25) is 0 Å². The summed E-state index contributed by atoms with van der Waals surface area (Å²) in [5, 5.41) is 3.44. The number of nitrogens with zero attached hydrogens (tertiary/aromatic N) is 1. The summed E-state index contributed by atoms with van der Waals surface area (Å²) in [6.45, 7) is 4.65. The molecule has 3 aromatic rings. The number of nitrogens with one attached hydrogen (secondary N) is 1. The van der Waals surface area contributed by atoms with Gasteiger partial charge >= 0.3 is 6.18 Å². The van der Waals surface area contributed by atoms with Crippen LogP contribution in [0.15, 0.2) is 60.7 Å². The fourth-order valence-corrected chi connectivity index (χ4v) is 4.20. The lowest BCUT2D eigenvalue weighted by Crippen LogP contribution is -2.44. The highest BCUT2D eigenvalue weighted by Crippen LogP contribution is 2.38. The van der Waals surface area contributed by atoms with E-state index in [1.165, 1.54) is 30.3 Å². The Morgan fingerprint density at radius 2 is 1.82 bits per heavy atom. The number of fused-ring (bicyclic) bond motifs is 1. The van der Waals surface area contributed by atoms with Crippen LogP contribution in [0, 0.1) is 5.82 Å². The van der Waals surface area contributed by atoms with E-state index < -0.39 is 28.9 Å². The van der Waals surface area contributed by atoms with Gasteiger partial charge in [-0.05, 0) is 48.4 Å². The van der Waals surface area contributed by atoms with Crippen LogP contribution in [0.5, 0.6) is 0 Å². The number of pyridine rings is 1. The van der Waals surface area contributed by atoms with Crippen LogP contribution in [0.2, 0.25) is 0 Å². The molecule has 1 aromatic heterocycles. The number of hydrogen-bond acceptors (Lipinski definition) is 4. The van der Waals surface area contributed by atoms with E-state index in [1.807, 2.05) is 44.2 Å². The van der Waals surface area contributed by atoms with Gasteiger partial charge in [0.15, 0.2) is 0 Å². The maximum Gasteiger partial charge on any atom is 0.456 e. The Labute approximate surface area is 195 Å². The minimum absolute atomic E-state index is 0.0157. The number of carbonyl (C=O) groups excluding carboxylic acids is 1. The van der Waals surface area contributed by atoms with E-state index in [0.717, 1.165) is 5.56 Å². The molecule has 2 aromatic carbocycles. The number of ether oxygens (including phenoxy) is 1. The van der Waals surface area contributed by atoms with Crippen molar-refractivity contribution in [2.24, 2.45) is 0 Å². The highest BCUT2D eigenvalue weighted by molar-refractivity contribution is 5.99. The second kappa shape index (κ2) is 9.27. The van der Waals surface area contributed by atoms with E-state index in [2.05, 4.69) is 10.3 Å². The highest BCUT2D eigenvalue weighted by atomic mass is 19.4. The lowest BCUT2D eigenvalue weighted by Gasteiger charge is -2.38. The quantitative estimate of drug-likeness (QED) is 0.366. The molecule has 0 unspecified atom stereocenters. The Bertz CT molecular complexity index is 1180. The molecule has 178 valence electrons. The Morgan fingerprint density at radius 1 is 1.15 bits per heavy atom. The van der Waals surface area contributed by atoms with Crippen LogP contribution in [0.3, 0.4) is 0 Å². The topological polar surface area (TPSA) is 51.2 Å². The number of ketones is 1. The molecule has 0 bridgehead atoms. The van der Waals surface area contributed by atoms with Crippen LogP contribution in [-0.2, 0) is 16.8 Å². The first-order chi connectivity index (χ1) is 16.1. The van der Waals surface area contributed by atoms with Gasteiger partial charge in [0, 0.05) is 29.1 Å². The zero-order valence-electron chi connectivity index (χ0n) is 18.7. The molecule has 4 rings (SSSR count). The molecule has 8 heteroatoms. The molecule has 0 amide bonds. The monoisotopic (exact) mass is 472 g/mol. The van der Waals surface area contributed by atoms with Crippen LogP contribution in [-0.4, -0.2) is 30.1 Å². The van der Waals surface area contributed by atoms with Gasteiger partial charge in [-0.25, -0.2) is 9.37 Å². The van der Waals surface area contributed by atoms with Gasteiger partial charge in [0.1, 0.15) is 11.5 Å². The Morgan fingerprint density at radius 3 is 2.47 bits per heavy atom. The minimum atomic E-state index is -5.07. The second-order valence-electron chi connectivity index (χ2n) is 8.78. The third kappa shape index (κ3) is 4.88. The average molecular weight is 472 g/mol. The fraction of sp³-hybridized carbons (Fsp3) is 0.308. The molecule has 0 saturated heterocycles. The molecule has 1 aliphatic rings. The molecule has 0 fully saturated rings. The summed E-state index contributed by atoms with van der Waals surface area (Å²) in [4.78, 5) is 16.2. The first-order valence-corrected chi connectivity index (χ1v) is 10.9. The Balaban J connectivity index is 1.77.